The summed E-state index contributed by atoms with van der Waals surface area (Å²) in [6.45, 7) is 6.19. The van der Waals surface area contributed by atoms with Gasteiger partial charge in [-0.05, 0) is 32.9 Å². The van der Waals surface area contributed by atoms with E-state index in [1.165, 1.54) is 19.5 Å². The predicted octanol–water partition coefficient (Wildman–Crippen LogP) is 0.205. The summed E-state index contributed by atoms with van der Waals surface area (Å²) in [5.74, 6) is 1.41. The molecule has 0 amide bonds. The molecule has 4 nitrogen and oxygen atoms in total. The van der Waals surface area contributed by atoms with Crippen molar-refractivity contribution in [1.82, 2.24) is 9.80 Å². The van der Waals surface area contributed by atoms with Crippen molar-refractivity contribution < 1.29 is 0 Å². The fraction of sp³-hybridized carbons (Fsp3) is 0.900. The Morgan fingerprint density at radius 3 is 2.86 bits per heavy atom. The molecule has 1 fully saturated rings. The lowest BCUT2D eigenvalue weighted by molar-refractivity contribution is 0.353. The number of guanidine groups is 1. The van der Waals surface area contributed by atoms with Gasteiger partial charge < -0.3 is 15.5 Å². The van der Waals surface area contributed by atoms with Crippen LogP contribution in [0.1, 0.15) is 13.3 Å². The van der Waals surface area contributed by atoms with Gasteiger partial charge in [0.1, 0.15) is 0 Å². The van der Waals surface area contributed by atoms with Crippen LogP contribution in [-0.4, -0.2) is 56.0 Å². The van der Waals surface area contributed by atoms with Gasteiger partial charge in [-0.3, -0.25) is 4.99 Å². The van der Waals surface area contributed by atoms with Crippen LogP contribution in [0.5, 0.6) is 0 Å². The van der Waals surface area contributed by atoms with E-state index in [2.05, 4.69) is 21.8 Å². The monoisotopic (exact) mass is 198 g/mol. The van der Waals surface area contributed by atoms with E-state index in [-0.39, 0.29) is 0 Å². The molecule has 82 valence electrons. The van der Waals surface area contributed by atoms with Gasteiger partial charge >= 0.3 is 0 Å². The molecule has 0 saturated carbocycles. The van der Waals surface area contributed by atoms with Crippen LogP contribution in [0.3, 0.4) is 0 Å². The maximum absolute atomic E-state index is 5.80. The first kappa shape index (κ1) is 11.3. The molecule has 1 heterocycles. The zero-order chi connectivity index (χ0) is 10.6. The number of hydrogen-bond donors (Lipinski definition) is 1. The molecule has 1 rings (SSSR count). The van der Waals surface area contributed by atoms with E-state index in [1.807, 2.05) is 14.0 Å². The molecule has 0 aromatic rings. The molecule has 4 heteroatoms. The summed E-state index contributed by atoms with van der Waals surface area (Å²) < 4.78 is 0. The van der Waals surface area contributed by atoms with Crippen LogP contribution in [0.2, 0.25) is 0 Å². The second-order valence-electron chi connectivity index (χ2n) is 4.13. The molecule has 0 spiro atoms. The lowest BCUT2D eigenvalue weighted by atomic mass is 10.1. The number of rotatable bonds is 3. The normalized spacial score (nSPS) is 24.2. The summed E-state index contributed by atoms with van der Waals surface area (Å²) in [4.78, 5) is 8.62. The third-order valence-corrected chi connectivity index (χ3v) is 2.73. The third-order valence-electron chi connectivity index (χ3n) is 2.73. The number of likely N-dealkylation sites (tertiary alicyclic amines) is 1. The minimum Gasteiger partial charge on any atom is -0.370 e. The average Bonchev–Trinajstić information content (AvgIpc) is 2.51. The average molecular weight is 198 g/mol. The molecular weight excluding hydrogens is 176 g/mol. The number of nitrogens with two attached hydrogens (primary N) is 1. The quantitative estimate of drug-likeness (QED) is 0.520. The van der Waals surface area contributed by atoms with Crippen molar-refractivity contribution >= 4 is 5.96 Å². The zero-order valence-corrected chi connectivity index (χ0v) is 9.53. The van der Waals surface area contributed by atoms with Gasteiger partial charge in [0.15, 0.2) is 5.96 Å². The largest absolute Gasteiger partial charge is 0.370 e. The second-order valence-corrected chi connectivity index (χ2v) is 4.13. The lowest BCUT2D eigenvalue weighted by Gasteiger charge is -2.21. The first-order chi connectivity index (χ1) is 6.63. The van der Waals surface area contributed by atoms with Crippen LogP contribution in [-0.2, 0) is 0 Å². The maximum Gasteiger partial charge on any atom is 0.190 e. The molecule has 1 aliphatic rings. The van der Waals surface area contributed by atoms with Crippen molar-refractivity contribution in [3.63, 3.8) is 0 Å². The molecule has 0 bridgehead atoms. The maximum atomic E-state index is 5.80. The lowest BCUT2D eigenvalue weighted by Crippen LogP contribution is -2.38. The second kappa shape index (κ2) is 5.20. The van der Waals surface area contributed by atoms with Gasteiger partial charge in [-0.1, -0.05) is 0 Å². The van der Waals surface area contributed by atoms with E-state index in [1.54, 1.807) is 0 Å². The summed E-state index contributed by atoms with van der Waals surface area (Å²) >= 11 is 0. The summed E-state index contributed by atoms with van der Waals surface area (Å²) in [6, 6.07) is 0. The van der Waals surface area contributed by atoms with Crippen molar-refractivity contribution in [3.8, 4) is 0 Å². The SMILES string of the molecule is CCN=C(N)N(C)CC1CCN(C)C1. The van der Waals surface area contributed by atoms with E-state index in [0.29, 0.717) is 5.96 Å². The Hall–Kier alpha value is -0.770. The van der Waals surface area contributed by atoms with Crippen LogP contribution < -0.4 is 5.73 Å². The van der Waals surface area contributed by atoms with E-state index < -0.39 is 0 Å². The fourth-order valence-electron chi connectivity index (χ4n) is 1.94. The van der Waals surface area contributed by atoms with Crippen molar-refractivity contribution in [2.75, 3.05) is 40.3 Å². The van der Waals surface area contributed by atoms with Gasteiger partial charge in [0.25, 0.3) is 0 Å². The van der Waals surface area contributed by atoms with Crippen LogP contribution in [0, 0.1) is 5.92 Å². The smallest absolute Gasteiger partial charge is 0.190 e. The minimum absolute atomic E-state index is 0.669. The molecule has 1 atom stereocenters. The predicted molar refractivity (Wildman–Crippen MR) is 60.4 cm³/mol. The van der Waals surface area contributed by atoms with Crippen LogP contribution in [0.4, 0.5) is 0 Å². The number of hydrogen-bond acceptors (Lipinski definition) is 2. The summed E-state index contributed by atoms with van der Waals surface area (Å²) in [5, 5.41) is 0. The molecule has 0 aromatic carbocycles. The molecule has 0 aliphatic carbocycles. The Balaban J connectivity index is 2.33. The van der Waals surface area contributed by atoms with E-state index in [4.69, 9.17) is 5.73 Å². The molecular formula is C10H22N4. The Morgan fingerprint density at radius 1 is 1.64 bits per heavy atom. The van der Waals surface area contributed by atoms with Crippen LogP contribution in [0.25, 0.3) is 0 Å². The summed E-state index contributed by atoms with van der Waals surface area (Å²) in [6.07, 6.45) is 1.28. The van der Waals surface area contributed by atoms with E-state index in [9.17, 15) is 0 Å². The molecule has 0 aromatic heterocycles. The van der Waals surface area contributed by atoms with Gasteiger partial charge in [0, 0.05) is 26.7 Å². The standard InChI is InChI=1S/C10H22N4/c1-4-12-10(11)14(3)8-9-5-6-13(2)7-9/h9H,4-8H2,1-3H3,(H2,11,12). The third kappa shape index (κ3) is 3.18. The minimum atomic E-state index is 0.669. The number of aliphatic imine (C=N–C) groups is 1. The Labute approximate surface area is 86.8 Å². The first-order valence-corrected chi connectivity index (χ1v) is 5.33. The van der Waals surface area contributed by atoms with Crippen molar-refractivity contribution in [2.24, 2.45) is 16.6 Å². The molecule has 1 aliphatic heterocycles. The number of nitrogens with zero attached hydrogens (tertiary/aromatic N) is 3. The van der Waals surface area contributed by atoms with Gasteiger partial charge in [-0.15, -0.1) is 0 Å². The highest BCUT2D eigenvalue weighted by atomic mass is 15.2. The summed E-state index contributed by atoms with van der Waals surface area (Å²) in [5.41, 5.74) is 5.80. The summed E-state index contributed by atoms with van der Waals surface area (Å²) in [7, 11) is 4.19. The van der Waals surface area contributed by atoms with Gasteiger partial charge in [0.2, 0.25) is 0 Å². The molecule has 1 saturated heterocycles. The van der Waals surface area contributed by atoms with E-state index in [0.717, 1.165) is 19.0 Å². The van der Waals surface area contributed by atoms with E-state index >= 15 is 0 Å². The van der Waals surface area contributed by atoms with Gasteiger partial charge in [-0.25, -0.2) is 0 Å². The Bertz CT molecular complexity index is 202. The topological polar surface area (TPSA) is 44.9 Å². The molecule has 2 N–H and O–H groups in total. The fourth-order valence-corrected chi connectivity index (χ4v) is 1.94. The highest BCUT2D eigenvalue weighted by Gasteiger charge is 2.21. The first-order valence-electron chi connectivity index (χ1n) is 5.33. The zero-order valence-electron chi connectivity index (χ0n) is 9.53. The highest BCUT2D eigenvalue weighted by Crippen LogP contribution is 2.14. The van der Waals surface area contributed by atoms with Gasteiger partial charge in [-0.2, -0.15) is 0 Å². The molecule has 14 heavy (non-hydrogen) atoms. The molecule has 1 unspecified atom stereocenters. The Kier molecular flexibility index (Phi) is 4.20. The van der Waals surface area contributed by atoms with Crippen molar-refractivity contribution in [1.29, 1.82) is 0 Å². The van der Waals surface area contributed by atoms with Crippen molar-refractivity contribution in [2.45, 2.75) is 13.3 Å². The van der Waals surface area contributed by atoms with Crippen LogP contribution in [0.15, 0.2) is 4.99 Å². The van der Waals surface area contributed by atoms with Crippen molar-refractivity contribution in [3.05, 3.63) is 0 Å². The van der Waals surface area contributed by atoms with Gasteiger partial charge in [0.05, 0.1) is 0 Å². The van der Waals surface area contributed by atoms with Crippen LogP contribution >= 0.6 is 0 Å². The molecule has 0 radical (unpaired) electrons. The highest BCUT2D eigenvalue weighted by molar-refractivity contribution is 5.77. The Morgan fingerprint density at radius 2 is 2.36 bits per heavy atom.